The molecule has 1 aliphatic rings. The largest absolute Gasteiger partial charge is 0.451 e. The van der Waals surface area contributed by atoms with E-state index in [0.717, 1.165) is 31.4 Å². The van der Waals surface area contributed by atoms with Crippen molar-refractivity contribution >= 4 is 21.6 Å². The maximum Gasteiger partial charge on any atom is 0.416 e. The molecular weight excluding hydrogens is 469 g/mol. The van der Waals surface area contributed by atoms with Crippen molar-refractivity contribution < 1.29 is 30.8 Å². The van der Waals surface area contributed by atoms with Crippen molar-refractivity contribution in [1.82, 2.24) is 4.31 Å². The van der Waals surface area contributed by atoms with Crippen LogP contribution in [-0.2, 0) is 16.2 Å². The van der Waals surface area contributed by atoms with Crippen molar-refractivity contribution in [2.75, 3.05) is 18.4 Å². The van der Waals surface area contributed by atoms with Crippen LogP contribution in [0.15, 0.2) is 63.9 Å². The second-order valence-corrected chi connectivity index (χ2v) is 10.1. The maximum absolute atomic E-state index is 13.0. The average Bonchev–Trinajstić information content (AvgIpc) is 3.31. The van der Waals surface area contributed by atoms with Crippen LogP contribution < -0.4 is 5.32 Å². The Bertz CT molecular complexity index is 1310. The summed E-state index contributed by atoms with van der Waals surface area (Å²) in [5, 5.41) is 2.65. The van der Waals surface area contributed by atoms with Gasteiger partial charge in [0.2, 0.25) is 10.0 Å². The van der Waals surface area contributed by atoms with Gasteiger partial charge in [-0.2, -0.15) is 17.5 Å². The summed E-state index contributed by atoms with van der Waals surface area (Å²) in [4.78, 5) is 12.8. The molecule has 4 rings (SSSR count). The SMILES string of the molecule is Cc1ccc(S(=O)(=O)N2CCCCC2)cc1NC(=O)c1ccc(-c2cccc(C(F)(F)F)c2)o1. The molecule has 0 bridgehead atoms. The number of carbonyl (C=O) groups excluding carboxylic acids is 1. The standard InChI is InChI=1S/C24H23F3N2O4S/c1-16-8-9-19(34(31,32)29-12-3-2-4-13-29)15-20(16)28-23(30)22-11-10-21(33-22)17-6-5-7-18(14-17)24(25,26)27/h5-11,14-15H,2-4,12-13H2,1H3,(H,28,30). The van der Waals surface area contributed by atoms with Crippen molar-refractivity contribution in [3.05, 3.63) is 71.5 Å². The Morgan fingerprint density at radius 2 is 1.74 bits per heavy atom. The minimum absolute atomic E-state index is 0.0828. The van der Waals surface area contributed by atoms with Gasteiger partial charge in [0.1, 0.15) is 5.76 Å². The zero-order valence-electron chi connectivity index (χ0n) is 18.4. The van der Waals surface area contributed by atoms with Gasteiger partial charge in [-0.3, -0.25) is 4.79 Å². The molecular formula is C24H23F3N2O4S. The van der Waals surface area contributed by atoms with E-state index in [1.807, 2.05) is 0 Å². The number of carbonyl (C=O) groups is 1. The Hall–Kier alpha value is -3.11. The summed E-state index contributed by atoms with van der Waals surface area (Å²) in [5.41, 5.74) is 0.310. The van der Waals surface area contributed by atoms with Gasteiger partial charge in [0.25, 0.3) is 5.91 Å². The Morgan fingerprint density at radius 1 is 1.00 bits per heavy atom. The fourth-order valence-corrected chi connectivity index (χ4v) is 5.34. The Balaban J connectivity index is 1.55. The fourth-order valence-electron chi connectivity index (χ4n) is 3.80. The van der Waals surface area contributed by atoms with Gasteiger partial charge in [0, 0.05) is 24.3 Å². The Kier molecular flexibility index (Phi) is 6.55. The quantitative estimate of drug-likeness (QED) is 0.496. The third kappa shape index (κ3) is 5.02. The lowest BCUT2D eigenvalue weighted by atomic mass is 10.1. The molecule has 1 amide bonds. The van der Waals surface area contributed by atoms with Crippen LogP contribution in [0.5, 0.6) is 0 Å². The van der Waals surface area contributed by atoms with Crippen LogP contribution in [0.4, 0.5) is 18.9 Å². The van der Waals surface area contributed by atoms with Crippen LogP contribution in [0.3, 0.4) is 0 Å². The maximum atomic E-state index is 13.0. The first-order chi connectivity index (χ1) is 16.1. The number of alkyl halides is 3. The number of nitrogens with one attached hydrogen (secondary N) is 1. The van der Waals surface area contributed by atoms with Gasteiger partial charge in [0.05, 0.1) is 10.5 Å². The van der Waals surface area contributed by atoms with Crippen molar-refractivity contribution in [1.29, 1.82) is 0 Å². The number of halogens is 3. The lowest BCUT2D eigenvalue weighted by molar-refractivity contribution is -0.137. The summed E-state index contributed by atoms with van der Waals surface area (Å²) in [6, 6.07) is 11.9. The molecule has 1 aromatic heterocycles. The predicted octanol–water partition coefficient (Wildman–Crippen LogP) is 5.70. The highest BCUT2D eigenvalue weighted by Gasteiger charge is 2.31. The normalized spacial score (nSPS) is 15.3. The molecule has 10 heteroatoms. The van der Waals surface area contributed by atoms with E-state index >= 15 is 0 Å². The van der Waals surface area contributed by atoms with Gasteiger partial charge < -0.3 is 9.73 Å². The molecule has 2 heterocycles. The van der Waals surface area contributed by atoms with E-state index in [4.69, 9.17) is 4.42 Å². The highest BCUT2D eigenvalue weighted by atomic mass is 32.2. The smallest absolute Gasteiger partial charge is 0.416 e. The van der Waals surface area contributed by atoms with Crippen LogP contribution in [0, 0.1) is 6.92 Å². The lowest BCUT2D eigenvalue weighted by Crippen LogP contribution is -2.35. The number of hydrogen-bond acceptors (Lipinski definition) is 4. The van der Waals surface area contributed by atoms with Crippen LogP contribution in [0.1, 0.15) is 40.9 Å². The van der Waals surface area contributed by atoms with Gasteiger partial charge in [-0.25, -0.2) is 8.42 Å². The number of amides is 1. The number of piperidine rings is 1. The summed E-state index contributed by atoms with van der Waals surface area (Å²) in [6.07, 6.45) is -1.89. The zero-order chi connectivity index (χ0) is 24.5. The van der Waals surface area contributed by atoms with Gasteiger partial charge in [-0.05, 0) is 61.7 Å². The monoisotopic (exact) mass is 492 g/mol. The molecule has 1 aliphatic heterocycles. The first kappa shape index (κ1) is 24.0. The zero-order valence-corrected chi connectivity index (χ0v) is 19.2. The molecule has 0 atom stereocenters. The van der Waals surface area contributed by atoms with Crippen molar-refractivity contribution in [2.45, 2.75) is 37.3 Å². The third-order valence-electron chi connectivity index (χ3n) is 5.71. The van der Waals surface area contributed by atoms with Crippen LogP contribution in [-0.4, -0.2) is 31.7 Å². The number of nitrogens with zero attached hydrogens (tertiary/aromatic N) is 1. The van der Waals surface area contributed by atoms with Gasteiger partial charge in [0.15, 0.2) is 5.76 Å². The molecule has 0 radical (unpaired) electrons. The Labute approximate surface area is 195 Å². The number of sulfonamides is 1. The number of aryl methyl sites for hydroxylation is 1. The number of furan rings is 1. The summed E-state index contributed by atoms with van der Waals surface area (Å²) < 4.78 is 71.9. The van der Waals surface area contributed by atoms with Gasteiger partial charge >= 0.3 is 6.18 Å². The number of anilines is 1. The summed E-state index contributed by atoms with van der Waals surface area (Å²) >= 11 is 0. The van der Waals surface area contributed by atoms with Gasteiger partial charge in [-0.1, -0.05) is 24.6 Å². The van der Waals surface area contributed by atoms with Crippen molar-refractivity contribution in [3.8, 4) is 11.3 Å². The molecule has 2 aromatic carbocycles. The minimum Gasteiger partial charge on any atom is -0.451 e. The molecule has 34 heavy (non-hydrogen) atoms. The van der Waals surface area contributed by atoms with Crippen LogP contribution in [0.2, 0.25) is 0 Å². The molecule has 0 saturated carbocycles. The van der Waals surface area contributed by atoms with Crippen LogP contribution >= 0.6 is 0 Å². The second-order valence-electron chi connectivity index (χ2n) is 8.14. The topological polar surface area (TPSA) is 79.6 Å². The van der Waals surface area contributed by atoms with E-state index in [1.54, 1.807) is 13.0 Å². The molecule has 0 unspecified atom stereocenters. The summed E-state index contributed by atoms with van der Waals surface area (Å²) in [5.74, 6) is -0.653. The van der Waals surface area contributed by atoms with Crippen molar-refractivity contribution in [3.63, 3.8) is 0 Å². The predicted molar refractivity (Wildman–Crippen MR) is 121 cm³/mol. The number of rotatable bonds is 5. The molecule has 180 valence electrons. The minimum atomic E-state index is -4.50. The van der Waals surface area contributed by atoms with E-state index < -0.39 is 27.7 Å². The first-order valence-electron chi connectivity index (χ1n) is 10.8. The van der Waals surface area contributed by atoms with E-state index in [9.17, 15) is 26.4 Å². The summed E-state index contributed by atoms with van der Waals surface area (Å²) in [6.45, 7) is 2.65. The molecule has 1 fully saturated rings. The molecule has 1 N–H and O–H groups in total. The van der Waals surface area contributed by atoms with Crippen molar-refractivity contribution in [2.24, 2.45) is 0 Å². The van der Waals surface area contributed by atoms with E-state index in [1.165, 1.54) is 40.7 Å². The molecule has 3 aromatic rings. The van der Waals surface area contributed by atoms with Crippen LogP contribution in [0.25, 0.3) is 11.3 Å². The second kappa shape index (κ2) is 9.27. The number of benzene rings is 2. The molecule has 6 nitrogen and oxygen atoms in total. The first-order valence-corrected chi connectivity index (χ1v) is 12.2. The van der Waals surface area contributed by atoms with E-state index in [0.29, 0.717) is 24.3 Å². The van der Waals surface area contributed by atoms with Gasteiger partial charge in [-0.15, -0.1) is 0 Å². The fraction of sp³-hybridized carbons (Fsp3) is 0.292. The Morgan fingerprint density at radius 3 is 2.44 bits per heavy atom. The van der Waals surface area contributed by atoms with E-state index in [2.05, 4.69) is 5.32 Å². The van der Waals surface area contributed by atoms with E-state index in [-0.39, 0.29) is 22.0 Å². The molecule has 1 saturated heterocycles. The highest BCUT2D eigenvalue weighted by molar-refractivity contribution is 7.89. The third-order valence-corrected chi connectivity index (χ3v) is 7.61. The average molecular weight is 493 g/mol. The molecule has 0 aliphatic carbocycles. The number of hydrogen-bond donors (Lipinski definition) is 1. The molecule has 0 spiro atoms. The lowest BCUT2D eigenvalue weighted by Gasteiger charge is -2.26. The highest BCUT2D eigenvalue weighted by Crippen LogP contribution is 2.33. The summed E-state index contributed by atoms with van der Waals surface area (Å²) in [7, 11) is -3.68.